The monoisotopic (exact) mass is 374 g/mol. The second-order valence-corrected chi connectivity index (χ2v) is 8.10. The largest absolute Gasteiger partial charge is 0.377 e. The number of anilines is 1. The van der Waals surface area contributed by atoms with Crippen molar-refractivity contribution in [2.24, 2.45) is 0 Å². The number of sulfonamides is 1. The highest BCUT2D eigenvalue weighted by Gasteiger charge is 2.20. The maximum Gasteiger partial charge on any atom is 0.255 e. The quantitative estimate of drug-likeness (QED) is 0.814. The molecule has 1 aliphatic heterocycles. The molecule has 6 nitrogen and oxygen atoms in total. The van der Waals surface area contributed by atoms with Gasteiger partial charge in [-0.15, -0.1) is 0 Å². The van der Waals surface area contributed by atoms with Gasteiger partial charge in [-0.05, 0) is 56.2 Å². The van der Waals surface area contributed by atoms with Gasteiger partial charge < -0.3 is 10.1 Å². The van der Waals surface area contributed by atoms with E-state index in [1.165, 1.54) is 12.1 Å². The lowest BCUT2D eigenvalue weighted by atomic mass is 10.1. The van der Waals surface area contributed by atoms with E-state index in [4.69, 9.17) is 4.74 Å². The molecule has 1 aliphatic rings. The third kappa shape index (κ3) is 4.69. The molecule has 0 saturated carbocycles. The summed E-state index contributed by atoms with van der Waals surface area (Å²) >= 11 is 0. The zero-order valence-electron chi connectivity index (χ0n) is 14.6. The zero-order chi connectivity index (χ0) is 18.6. The third-order valence-electron chi connectivity index (χ3n) is 4.23. The lowest BCUT2D eigenvalue weighted by Gasteiger charge is -2.12. The first kappa shape index (κ1) is 18.6. The molecule has 1 heterocycles. The molecule has 1 unspecified atom stereocenters. The minimum absolute atomic E-state index is 0.0577. The van der Waals surface area contributed by atoms with Gasteiger partial charge in [-0.3, -0.25) is 4.79 Å². The molecular weight excluding hydrogens is 352 g/mol. The molecule has 2 aromatic carbocycles. The summed E-state index contributed by atoms with van der Waals surface area (Å²) in [6.07, 6.45) is 1.77. The number of carbonyl (C=O) groups is 1. The molecule has 3 rings (SSSR count). The molecular formula is C19H22N2O4S. The SMILES string of the molecule is Cc1cccc(C(=O)Nc2ccc(S(=O)(=O)NCC3CCCO3)cc2)c1. The third-order valence-corrected chi connectivity index (χ3v) is 5.67. The normalized spacial score (nSPS) is 17.2. The van der Waals surface area contributed by atoms with Gasteiger partial charge in [0.1, 0.15) is 0 Å². The Labute approximate surface area is 153 Å². The smallest absolute Gasteiger partial charge is 0.255 e. The standard InChI is InChI=1S/C19H22N2O4S/c1-14-4-2-5-15(12-14)19(22)21-16-7-9-18(10-8-16)26(23,24)20-13-17-6-3-11-25-17/h2,4-5,7-10,12,17,20H,3,6,11,13H2,1H3,(H,21,22). The Kier molecular flexibility index (Phi) is 5.70. The van der Waals surface area contributed by atoms with E-state index in [-0.39, 0.29) is 23.5 Å². The van der Waals surface area contributed by atoms with E-state index in [0.29, 0.717) is 17.9 Å². The van der Waals surface area contributed by atoms with Crippen LogP contribution in [0.1, 0.15) is 28.8 Å². The summed E-state index contributed by atoms with van der Waals surface area (Å²) in [5.74, 6) is -0.235. The predicted octanol–water partition coefficient (Wildman–Crippen LogP) is 2.70. The molecule has 1 saturated heterocycles. The first-order valence-electron chi connectivity index (χ1n) is 8.53. The van der Waals surface area contributed by atoms with Crippen LogP contribution in [0.15, 0.2) is 53.4 Å². The van der Waals surface area contributed by atoms with E-state index in [2.05, 4.69) is 10.0 Å². The summed E-state index contributed by atoms with van der Waals surface area (Å²) in [5, 5.41) is 2.77. The van der Waals surface area contributed by atoms with Crippen LogP contribution in [0, 0.1) is 6.92 Å². The number of rotatable bonds is 6. The highest BCUT2D eigenvalue weighted by molar-refractivity contribution is 7.89. The Morgan fingerprint density at radius 1 is 1.19 bits per heavy atom. The average Bonchev–Trinajstić information content (AvgIpc) is 3.14. The molecule has 1 atom stereocenters. The van der Waals surface area contributed by atoms with Crippen molar-refractivity contribution < 1.29 is 17.9 Å². The van der Waals surface area contributed by atoms with Crippen molar-refractivity contribution in [3.8, 4) is 0 Å². The summed E-state index contributed by atoms with van der Waals surface area (Å²) in [4.78, 5) is 12.4. The molecule has 0 spiro atoms. The lowest BCUT2D eigenvalue weighted by Crippen LogP contribution is -2.31. The van der Waals surface area contributed by atoms with Crippen LogP contribution < -0.4 is 10.0 Å². The van der Waals surface area contributed by atoms with E-state index >= 15 is 0 Å². The van der Waals surface area contributed by atoms with Crippen molar-refractivity contribution in [1.82, 2.24) is 4.72 Å². The van der Waals surface area contributed by atoms with Gasteiger partial charge in [0.25, 0.3) is 5.91 Å². The zero-order valence-corrected chi connectivity index (χ0v) is 15.4. The van der Waals surface area contributed by atoms with Gasteiger partial charge in [0, 0.05) is 24.4 Å². The molecule has 0 aromatic heterocycles. The Morgan fingerprint density at radius 3 is 2.62 bits per heavy atom. The van der Waals surface area contributed by atoms with Crippen molar-refractivity contribution in [3.63, 3.8) is 0 Å². The van der Waals surface area contributed by atoms with Gasteiger partial charge in [0.2, 0.25) is 10.0 Å². The van der Waals surface area contributed by atoms with Crippen LogP contribution in [-0.2, 0) is 14.8 Å². The van der Waals surface area contributed by atoms with Crippen molar-refractivity contribution in [1.29, 1.82) is 0 Å². The van der Waals surface area contributed by atoms with Crippen LogP contribution in [0.4, 0.5) is 5.69 Å². The topological polar surface area (TPSA) is 84.5 Å². The summed E-state index contributed by atoms with van der Waals surface area (Å²) in [5.41, 5.74) is 2.09. The van der Waals surface area contributed by atoms with E-state index in [1.54, 1.807) is 24.3 Å². The van der Waals surface area contributed by atoms with Gasteiger partial charge in [0.15, 0.2) is 0 Å². The van der Waals surface area contributed by atoms with Gasteiger partial charge in [-0.2, -0.15) is 0 Å². The molecule has 138 valence electrons. The molecule has 1 fully saturated rings. The molecule has 26 heavy (non-hydrogen) atoms. The van der Waals surface area contributed by atoms with Crippen molar-refractivity contribution in [2.45, 2.75) is 30.8 Å². The molecule has 0 radical (unpaired) electrons. The number of benzene rings is 2. The maximum atomic E-state index is 12.3. The molecule has 7 heteroatoms. The minimum atomic E-state index is -3.59. The van der Waals surface area contributed by atoms with E-state index in [1.807, 2.05) is 19.1 Å². The molecule has 2 N–H and O–H groups in total. The van der Waals surface area contributed by atoms with Crippen LogP contribution in [0.25, 0.3) is 0 Å². The fourth-order valence-corrected chi connectivity index (χ4v) is 3.86. The Hall–Kier alpha value is -2.22. The fraction of sp³-hybridized carbons (Fsp3) is 0.316. The Balaban J connectivity index is 1.63. The van der Waals surface area contributed by atoms with Crippen LogP contribution in [-0.4, -0.2) is 33.6 Å². The van der Waals surface area contributed by atoms with Crippen LogP contribution >= 0.6 is 0 Å². The summed E-state index contributed by atoms with van der Waals surface area (Å²) in [6.45, 7) is 2.87. The van der Waals surface area contributed by atoms with E-state index < -0.39 is 10.0 Å². The number of nitrogens with one attached hydrogen (secondary N) is 2. The van der Waals surface area contributed by atoms with Crippen LogP contribution in [0.5, 0.6) is 0 Å². The highest BCUT2D eigenvalue weighted by Crippen LogP contribution is 2.17. The predicted molar refractivity (Wildman–Crippen MR) is 99.7 cm³/mol. The maximum absolute atomic E-state index is 12.3. The first-order chi connectivity index (χ1) is 12.4. The molecule has 0 bridgehead atoms. The van der Waals surface area contributed by atoms with E-state index in [9.17, 15) is 13.2 Å². The second-order valence-electron chi connectivity index (χ2n) is 6.33. The number of hydrogen-bond acceptors (Lipinski definition) is 4. The second kappa shape index (κ2) is 7.99. The Morgan fingerprint density at radius 2 is 1.96 bits per heavy atom. The fourth-order valence-electron chi connectivity index (χ4n) is 2.80. The minimum Gasteiger partial charge on any atom is -0.377 e. The number of ether oxygens (including phenoxy) is 1. The molecule has 2 aromatic rings. The first-order valence-corrected chi connectivity index (χ1v) is 10.0. The molecule has 1 amide bonds. The van der Waals surface area contributed by atoms with Gasteiger partial charge in [-0.25, -0.2) is 13.1 Å². The van der Waals surface area contributed by atoms with Crippen LogP contribution in [0.2, 0.25) is 0 Å². The number of aryl methyl sites for hydroxylation is 1. The highest BCUT2D eigenvalue weighted by atomic mass is 32.2. The Bertz CT molecular complexity index is 873. The lowest BCUT2D eigenvalue weighted by molar-refractivity contribution is 0.102. The summed E-state index contributed by atoms with van der Waals surface area (Å²) in [6, 6.07) is 13.4. The van der Waals surface area contributed by atoms with Crippen molar-refractivity contribution in [3.05, 3.63) is 59.7 Å². The van der Waals surface area contributed by atoms with Crippen LogP contribution in [0.3, 0.4) is 0 Å². The number of hydrogen-bond donors (Lipinski definition) is 2. The van der Waals surface area contributed by atoms with E-state index in [0.717, 1.165) is 18.4 Å². The summed E-state index contributed by atoms with van der Waals surface area (Å²) in [7, 11) is -3.59. The van der Waals surface area contributed by atoms with Gasteiger partial charge in [0.05, 0.1) is 11.0 Å². The summed E-state index contributed by atoms with van der Waals surface area (Å²) < 4.78 is 32.6. The average molecular weight is 374 g/mol. The van der Waals surface area contributed by atoms with Crippen molar-refractivity contribution in [2.75, 3.05) is 18.5 Å². The number of amides is 1. The van der Waals surface area contributed by atoms with Gasteiger partial charge in [-0.1, -0.05) is 17.7 Å². The van der Waals surface area contributed by atoms with Crippen molar-refractivity contribution >= 4 is 21.6 Å². The number of carbonyl (C=O) groups excluding carboxylic acids is 1. The van der Waals surface area contributed by atoms with Gasteiger partial charge >= 0.3 is 0 Å². The molecule has 0 aliphatic carbocycles.